The van der Waals surface area contributed by atoms with Crippen molar-refractivity contribution >= 4 is 5.91 Å². The van der Waals surface area contributed by atoms with Crippen LogP contribution in [0, 0.1) is 0 Å². The van der Waals surface area contributed by atoms with Gasteiger partial charge in [0.15, 0.2) is 0 Å². The van der Waals surface area contributed by atoms with Crippen LogP contribution < -0.4 is 5.73 Å². The van der Waals surface area contributed by atoms with Crippen molar-refractivity contribution in [3.8, 4) is 0 Å². The molecule has 1 amide bonds. The van der Waals surface area contributed by atoms with Crippen LogP contribution in [0.15, 0.2) is 102 Å². The number of rotatable bonds is 1. The number of carbonyl (C=O) groups is 1. The molecule has 0 aliphatic heterocycles. The number of carbonyl (C=O) groups excluding carboxylic acids is 1. The van der Waals surface area contributed by atoms with Crippen LogP contribution in [-0.2, 0) is 0 Å². The Hall–Kier alpha value is -3.54. The predicted molar refractivity (Wildman–Crippen MR) is 91.1 cm³/mol. The molecule has 1 heterocycles. The largest absolute Gasteiger partial charge is 0.366 e. The molecule has 0 aliphatic carbocycles. The van der Waals surface area contributed by atoms with Crippen molar-refractivity contribution in [2.75, 3.05) is 0 Å². The lowest BCUT2D eigenvalue weighted by atomic mass is 10.2. The van der Waals surface area contributed by atoms with E-state index in [0.717, 1.165) is 0 Å². The maximum atomic E-state index is 11.3. The molecular weight excluding hydrogens is 304 g/mol. The zero-order chi connectivity index (χ0) is 17.3. The van der Waals surface area contributed by atoms with E-state index in [2.05, 4.69) is 15.6 Å². The van der Waals surface area contributed by atoms with E-state index in [9.17, 15) is 4.79 Å². The van der Waals surface area contributed by atoms with Crippen LogP contribution in [0.1, 0.15) is 10.4 Å². The number of hydrogen-bond donors (Lipinski definition) is 1. The predicted octanol–water partition coefficient (Wildman–Crippen LogP) is 3.06. The Labute approximate surface area is 140 Å². The van der Waals surface area contributed by atoms with Crippen LogP contribution in [-0.4, -0.2) is 21.5 Å². The van der Waals surface area contributed by atoms with Gasteiger partial charge >= 0.3 is 0 Å². The summed E-state index contributed by atoms with van der Waals surface area (Å²) in [6.07, 6.45) is 2.72. The molecule has 0 atom stereocenters. The number of primary amides is 1. The van der Waals surface area contributed by atoms with E-state index in [4.69, 9.17) is 10.3 Å². The molecule has 0 bridgehead atoms. The highest BCUT2D eigenvalue weighted by atomic mass is 16.5. The Kier molecular flexibility index (Phi) is 10.1. The Morgan fingerprint density at radius 1 is 0.792 bits per heavy atom. The third-order valence-corrected chi connectivity index (χ3v) is 2.37. The summed E-state index contributed by atoms with van der Waals surface area (Å²) in [5.74, 6) is -0.542. The van der Waals surface area contributed by atoms with E-state index in [-0.39, 0.29) is 0 Å². The first-order valence-electron chi connectivity index (χ1n) is 7.06. The van der Waals surface area contributed by atoms with Crippen molar-refractivity contribution in [2.45, 2.75) is 0 Å². The Morgan fingerprint density at radius 2 is 1.33 bits per heavy atom. The topological polar surface area (TPSA) is 94.9 Å². The molecule has 2 N–H and O–H groups in total. The average molecular weight is 322 g/mol. The van der Waals surface area contributed by atoms with Gasteiger partial charge < -0.3 is 10.3 Å². The van der Waals surface area contributed by atoms with Crippen LogP contribution in [0.25, 0.3) is 0 Å². The summed E-state index contributed by atoms with van der Waals surface area (Å²) < 4.78 is 4.74. The fourth-order valence-corrected chi connectivity index (χ4v) is 1.32. The van der Waals surface area contributed by atoms with Gasteiger partial charge in [0, 0.05) is 5.56 Å². The standard InChI is InChI=1S/C18H18N4O2/c19-18(23)17-13-10-8-6-4-2-1-3-5-7-9-11-16-24-22-21-20-15-12-14-17/h1-16H,(H2,19,23). The molecule has 1 rings (SSSR count). The molecule has 0 saturated carbocycles. The molecule has 1 aromatic rings. The van der Waals surface area contributed by atoms with Crippen molar-refractivity contribution in [2.24, 2.45) is 5.73 Å². The lowest BCUT2D eigenvalue weighted by Gasteiger charge is -1.86. The van der Waals surface area contributed by atoms with Crippen molar-refractivity contribution in [1.82, 2.24) is 15.6 Å². The van der Waals surface area contributed by atoms with Gasteiger partial charge in [0.05, 0.1) is 11.5 Å². The Balaban J connectivity index is 3.24. The fraction of sp³-hybridized carbons (Fsp3) is 0. The van der Waals surface area contributed by atoms with E-state index in [0.29, 0.717) is 5.56 Å². The van der Waals surface area contributed by atoms with E-state index in [1.807, 2.05) is 42.5 Å². The zero-order valence-corrected chi connectivity index (χ0v) is 13.0. The molecular formula is C18H18N4O2. The number of hydrogen-bond acceptors (Lipinski definition) is 5. The summed E-state index contributed by atoms with van der Waals surface area (Å²) in [7, 11) is 0. The van der Waals surface area contributed by atoms with Gasteiger partial charge in [0.1, 0.15) is 6.26 Å². The quantitative estimate of drug-likeness (QED) is 0.857. The van der Waals surface area contributed by atoms with E-state index < -0.39 is 5.91 Å². The number of aromatic nitrogens is 3. The summed E-state index contributed by atoms with van der Waals surface area (Å²) in [5, 5.41) is 10.4. The highest BCUT2D eigenvalue weighted by Gasteiger charge is 1.92. The lowest BCUT2D eigenvalue weighted by molar-refractivity contribution is 0.100. The lowest BCUT2D eigenvalue weighted by Crippen LogP contribution is -2.09. The normalized spacial score (nSPS) is 8.33. The second-order valence-electron chi connectivity index (χ2n) is 4.14. The molecule has 0 unspecified atom stereocenters. The average Bonchev–Trinajstić information content (AvgIpc) is 2.57. The van der Waals surface area contributed by atoms with Crippen molar-refractivity contribution in [3.05, 3.63) is 103 Å². The second kappa shape index (κ2) is 13.1. The minimum atomic E-state index is -0.542. The van der Waals surface area contributed by atoms with Gasteiger partial charge in [-0.1, -0.05) is 60.7 Å². The zero-order valence-electron chi connectivity index (χ0n) is 13.0. The maximum Gasteiger partial charge on any atom is 0.248 e. The summed E-state index contributed by atoms with van der Waals surface area (Å²) >= 11 is 0. The van der Waals surface area contributed by atoms with Gasteiger partial charge in [-0.15, -0.1) is 5.10 Å². The van der Waals surface area contributed by atoms with Gasteiger partial charge in [-0.25, -0.2) is 0 Å². The molecule has 24 heavy (non-hydrogen) atoms. The first kappa shape index (κ1) is 18.5. The van der Waals surface area contributed by atoms with Crippen LogP contribution in [0.3, 0.4) is 0 Å². The van der Waals surface area contributed by atoms with Gasteiger partial charge in [0.25, 0.3) is 0 Å². The number of nitrogens with two attached hydrogens (primary N) is 1. The second-order valence-corrected chi connectivity index (χ2v) is 4.14. The molecule has 0 radical (unpaired) electrons. The Bertz CT molecular complexity index is 689. The van der Waals surface area contributed by atoms with E-state index in [1.54, 1.807) is 30.3 Å². The molecule has 0 saturated heterocycles. The smallest absolute Gasteiger partial charge is 0.248 e. The summed E-state index contributed by atoms with van der Waals surface area (Å²) in [5.41, 5.74) is 5.62. The first-order valence-corrected chi connectivity index (χ1v) is 7.06. The third-order valence-electron chi connectivity index (χ3n) is 2.37. The van der Waals surface area contributed by atoms with Gasteiger partial charge in [-0.05, 0) is 29.5 Å². The van der Waals surface area contributed by atoms with E-state index >= 15 is 0 Å². The fourth-order valence-electron chi connectivity index (χ4n) is 1.32. The molecule has 0 spiro atoms. The minimum Gasteiger partial charge on any atom is -0.366 e. The van der Waals surface area contributed by atoms with Gasteiger partial charge in [0.2, 0.25) is 5.91 Å². The van der Waals surface area contributed by atoms with Gasteiger partial charge in [-0.2, -0.15) is 0 Å². The molecule has 0 fully saturated rings. The van der Waals surface area contributed by atoms with Crippen LogP contribution in [0.2, 0.25) is 0 Å². The molecule has 0 aliphatic rings. The molecule has 6 nitrogen and oxygen atoms in total. The van der Waals surface area contributed by atoms with Crippen LogP contribution in [0.5, 0.6) is 0 Å². The van der Waals surface area contributed by atoms with Crippen molar-refractivity contribution in [1.29, 1.82) is 0 Å². The summed E-state index contributed by atoms with van der Waals surface area (Å²) in [6, 6.07) is 24.6. The third kappa shape index (κ3) is 10.2. The number of nitrogens with zero attached hydrogens (tertiary/aromatic N) is 3. The highest BCUT2D eigenvalue weighted by Crippen LogP contribution is 1.91. The number of amides is 1. The van der Waals surface area contributed by atoms with E-state index in [1.165, 1.54) is 24.6 Å². The highest BCUT2D eigenvalue weighted by molar-refractivity contribution is 5.92. The Morgan fingerprint density at radius 3 is 1.96 bits per heavy atom. The summed E-state index contributed by atoms with van der Waals surface area (Å²) in [6.45, 7) is 0. The summed E-state index contributed by atoms with van der Waals surface area (Å²) in [4.78, 5) is 11.3. The first-order chi connectivity index (χ1) is 11.8. The van der Waals surface area contributed by atoms with Crippen molar-refractivity contribution < 1.29 is 9.32 Å². The van der Waals surface area contributed by atoms with Crippen molar-refractivity contribution in [3.63, 3.8) is 0 Å². The van der Waals surface area contributed by atoms with Crippen LogP contribution >= 0.6 is 0 Å². The maximum absolute atomic E-state index is 11.3. The van der Waals surface area contributed by atoms with Gasteiger partial charge in [-0.3, -0.25) is 4.79 Å². The molecule has 0 aromatic carbocycles. The van der Waals surface area contributed by atoms with Crippen LogP contribution in [0.4, 0.5) is 0 Å². The molecule has 122 valence electrons. The molecule has 1 aromatic heterocycles. The molecule has 6 heteroatoms. The minimum absolute atomic E-state index is 0.331. The monoisotopic (exact) mass is 322 g/mol. The SMILES string of the molecule is NC(=O)c1ccccccccccccconnnccc1.